The zero-order chi connectivity index (χ0) is 19.4. The van der Waals surface area contributed by atoms with Gasteiger partial charge in [0.25, 0.3) is 12.1 Å². The molecule has 1 heterocycles. The summed E-state index contributed by atoms with van der Waals surface area (Å²) in [4.78, 5) is 25.7. The molecule has 26 heavy (non-hydrogen) atoms. The predicted molar refractivity (Wildman–Crippen MR) is 88.6 cm³/mol. The van der Waals surface area contributed by atoms with Crippen molar-refractivity contribution < 1.29 is 27.6 Å². The number of carbonyl (C=O) groups excluding carboxylic acids is 1. The van der Waals surface area contributed by atoms with Crippen molar-refractivity contribution in [3.05, 3.63) is 33.9 Å². The topological polar surface area (TPSA) is 75.9 Å². The third kappa shape index (κ3) is 4.43. The molecular formula is C16H20F3N3O4. The smallest absolute Gasteiger partial charge is 0.344 e. The van der Waals surface area contributed by atoms with Crippen LogP contribution in [0.5, 0.6) is 0 Å². The summed E-state index contributed by atoms with van der Waals surface area (Å²) in [6.45, 7) is 2.57. The molecule has 1 aliphatic heterocycles. The first-order chi connectivity index (χ1) is 12.2. The fraction of sp³-hybridized carbons (Fsp3) is 0.562. The number of ether oxygens (including phenoxy) is 1. The van der Waals surface area contributed by atoms with Gasteiger partial charge in [-0.2, -0.15) is 0 Å². The molecule has 1 fully saturated rings. The van der Waals surface area contributed by atoms with E-state index in [0.717, 1.165) is 7.11 Å². The van der Waals surface area contributed by atoms with Gasteiger partial charge in [-0.3, -0.25) is 15.0 Å². The Bertz CT molecular complexity index is 674. The molecule has 1 saturated heterocycles. The number of carbonyl (C=O) groups is 1. The van der Waals surface area contributed by atoms with Crippen LogP contribution in [0.2, 0.25) is 0 Å². The van der Waals surface area contributed by atoms with Crippen molar-refractivity contribution in [3.8, 4) is 0 Å². The van der Waals surface area contributed by atoms with Gasteiger partial charge in [-0.05, 0) is 19.1 Å². The van der Waals surface area contributed by atoms with Gasteiger partial charge in [-0.15, -0.1) is 0 Å². The summed E-state index contributed by atoms with van der Waals surface area (Å²) in [7, 11) is 1.14. The third-order valence-electron chi connectivity index (χ3n) is 4.40. The number of esters is 1. The van der Waals surface area contributed by atoms with E-state index in [1.54, 1.807) is 17.9 Å². The maximum atomic E-state index is 13.3. The standard InChI is InChI=1S/C16H20F3N3O4/c1-10-8-21(6-5-20(10)9-13(17)15(18)19)11-3-4-12(16(23)26-2)14(7-11)22(24)25/h3-4,7,10,13,15H,5-6,8-9H2,1-2H3. The van der Waals surface area contributed by atoms with Gasteiger partial charge in [-0.25, -0.2) is 18.0 Å². The molecule has 1 aliphatic rings. The summed E-state index contributed by atoms with van der Waals surface area (Å²) in [5.74, 6) is -0.803. The highest BCUT2D eigenvalue weighted by atomic mass is 19.3. The quantitative estimate of drug-likeness (QED) is 0.432. The van der Waals surface area contributed by atoms with E-state index < -0.39 is 23.5 Å². The fourth-order valence-corrected chi connectivity index (χ4v) is 2.96. The lowest BCUT2D eigenvalue weighted by molar-refractivity contribution is -0.385. The summed E-state index contributed by atoms with van der Waals surface area (Å²) in [5, 5.41) is 11.2. The summed E-state index contributed by atoms with van der Waals surface area (Å²) in [5.41, 5.74) is 0.0117. The monoisotopic (exact) mass is 375 g/mol. The molecular weight excluding hydrogens is 355 g/mol. The van der Waals surface area contributed by atoms with Gasteiger partial charge in [0.15, 0.2) is 6.17 Å². The maximum Gasteiger partial charge on any atom is 0.344 e. The van der Waals surface area contributed by atoms with Crippen molar-refractivity contribution in [2.45, 2.75) is 25.6 Å². The fourth-order valence-electron chi connectivity index (χ4n) is 2.96. The van der Waals surface area contributed by atoms with Crippen molar-refractivity contribution in [2.75, 3.05) is 38.2 Å². The van der Waals surface area contributed by atoms with Crippen molar-refractivity contribution in [3.63, 3.8) is 0 Å². The molecule has 10 heteroatoms. The zero-order valence-corrected chi connectivity index (χ0v) is 14.4. The van der Waals surface area contributed by atoms with Crippen LogP contribution in [0.4, 0.5) is 24.5 Å². The first-order valence-corrected chi connectivity index (χ1v) is 8.02. The number of nitro groups is 1. The van der Waals surface area contributed by atoms with E-state index in [1.165, 1.54) is 12.1 Å². The van der Waals surface area contributed by atoms with E-state index in [0.29, 0.717) is 25.3 Å². The van der Waals surface area contributed by atoms with E-state index >= 15 is 0 Å². The van der Waals surface area contributed by atoms with Crippen molar-refractivity contribution in [1.82, 2.24) is 4.90 Å². The molecule has 0 bridgehead atoms. The number of rotatable bonds is 6. The molecule has 1 aromatic rings. The van der Waals surface area contributed by atoms with Gasteiger partial charge in [-0.1, -0.05) is 0 Å². The lowest BCUT2D eigenvalue weighted by Crippen LogP contribution is -2.54. The Kier molecular flexibility index (Phi) is 6.41. The highest BCUT2D eigenvalue weighted by Crippen LogP contribution is 2.28. The van der Waals surface area contributed by atoms with Crippen LogP contribution in [0, 0.1) is 10.1 Å². The molecule has 2 unspecified atom stereocenters. The zero-order valence-electron chi connectivity index (χ0n) is 14.4. The lowest BCUT2D eigenvalue weighted by Gasteiger charge is -2.41. The minimum absolute atomic E-state index is 0.148. The van der Waals surface area contributed by atoms with E-state index in [9.17, 15) is 28.1 Å². The van der Waals surface area contributed by atoms with Crippen LogP contribution in [0.3, 0.4) is 0 Å². The normalized spacial score (nSPS) is 19.5. The van der Waals surface area contributed by atoms with Crippen molar-refractivity contribution in [1.29, 1.82) is 0 Å². The molecule has 0 saturated carbocycles. The van der Waals surface area contributed by atoms with Crippen LogP contribution in [-0.4, -0.2) is 67.7 Å². The van der Waals surface area contributed by atoms with Gasteiger partial charge in [0.05, 0.1) is 12.0 Å². The lowest BCUT2D eigenvalue weighted by atomic mass is 10.1. The van der Waals surface area contributed by atoms with Crippen LogP contribution in [0.15, 0.2) is 18.2 Å². The van der Waals surface area contributed by atoms with Crippen molar-refractivity contribution in [2.24, 2.45) is 0 Å². The molecule has 0 amide bonds. The van der Waals surface area contributed by atoms with Gasteiger partial charge < -0.3 is 9.64 Å². The summed E-state index contributed by atoms with van der Waals surface area (Å²) < 4.78 is 42.6. The van der Waals surface area contributed by atoms with E-state index in [2.05, 4.69) is 4.74 Å². The van der Waals surface area contributed by atoms with Crippen LogP contribution in [0.1, 0.15) is 17.3 Å². The molecule has 0 N–H and O–H groups in total. The predicted octanol–water partition coefficient (Wildman–Crippen LogP) is 2.50. The summed E-state index contributed by atoms with van der Waals surface area (Å²) in [6.07, 6.45) is -5.22. The number of halogens is 3. The van der Waals surface area contributed by atoms with Crippen LogP contribution >= 0.6 is 0 Å². The molecule has 144 valence electrons. The highest BCUT2D eigenvalue weighted by Gasteiger charge is 2.30. The first-order valence-electron chi connectivity index (χ1n) is 8.02. The number of piperazine rings is 1. The van der Waals surface area contributed by atoms with Gasteiger partial charge >= 0.3 is 5.97 Å². The largest absolute Gasteiger partial charge is 0.465 e. The SMILES string of the molecule is COC(=O)c1ccc(N2CCN(CC(F)C(F)F)C(C)C2)cc1[N+](=O)[O-]. The molecule has 2 atom stereocenters. The Labute approximate surface area is 148 Å². The van der Waals surface area contributed by atoms with Gasteiger partial charge in [0.2, 0.25) is 0 Å². The minimum Gasteiger partial charge on any atom is -0.465 e. The third-order valence-corrected chi connectivity index (χ3v) is 4.40. The summed E-state index contributed by atoms with van der Waals surface area (Å²) in [6, 6.07) is 3.97. The highest BCUT2D eigenvalue weighted by molar-refractivity contribution is 5.94. The number of hydrogen-bond donors (Lipinski definition) is 0. The van der Waals surface area contributed by atoms with Gasteiger partial charge in [0, 0.05) is 44.0 Å². The number of benzene rings is 1. The van der Waals surface area contributed by atoms with Crippen molar-refractivity contribution >= 4 is 17.3 Å². The Morgan fingerprint density at radius 1 is 1.38 bits per heavy atom. The molecule has 0 radical (unpaired) electrons. The second-order valence-corrected chi connectivity index (χ2v) is 6.09. The minimum atomic E-state index is -3.02. The number of methoxy groups -OCH3 is 1. The molecule has 0 spiro atoms. The molecule has 0 aromatic heterocycles. The number of anilines is 1. The maximum absolute atomic E-state index is 13.3. The Hall–Kier alpha value is -2.36. The number of alkyl halides is 3. The number of nitro benzene ring substituents is 1. The average Bonchev–Trinajstić information content (AvgIpc) is 2.61. The average molecular weight is 375 g/mol. The van der Waals surface area contributed by atoms with E-state index in [-0.39, 0.29) is 23.8 Å². The van der Waals surface area contributed by atoms with E-state index in [1.807, 2.05) is 4.90 Å². The van der Waals surface area contributed by atoms with Crippen LogP contribution in [0.25, 0.3) is 0 Å². The molecule has 7 nitrogen and oxygen atoms in total. The Morgan fingerprint density at radius 2 is 2.08 bits per heavy atom. The number of nitrogens with zero attached hydrogens (tertiary/aromatic N) is 3. The summed E-state index contributed by atoms with van der Waals surface area (Å²) >= 11 is 0. The number of hydrogen-bond acceptors (Lipinski definition) is 6. The van der Waals surface area contributed by atoms with Gasteiger partial charge in [0.1, 0.15) is 5.56 Å². The second kappa shape index (κ2) is 8.35. The Morgan fingerprint density at radius 3 is 2.62 bits per heavy atom. The molecule has 1 aromatic carbocycles. The Balaban J connectivity index is 2.14. The van der Waals surface area contributed by atoms with Crippen LogP contribution in [-0.2, 0) is 4.74 Å². The molecule has 0 aliphatic carbocycles. The first kappa shape index (κ1) is 20.0. The van der Waals surface area contributed by atoms with E-state index in [4.69, 9.17) is 0 Å². The second-order valence-electron chi connectivity index (χ2n) is 6.09. The van der Waals surface area contributed by atoms with Crippen LogP contribution < -0.4 is 4.90 Å². The molecule has 2 rings (SSSR count).